The van der Waals surface area contributed by atoms with Crippen molar-refractivity contribution in [1.29, 1.82) is 0 Å². The van der Waals surface area contributed by atoms with E-state index in [0.717, 1.165) is 29.7 Å². The van der Waals surface area contributed by atoms with E-state index >= 15 is 0 Å². The van der Waals surface area contributed by atoms with Crippen LogP contribution >= 0.6 is 0 Å². The normalized spacial score (nSPS) is 15.2. The standard InChI is InChI=1S/C21H22FN3O/c1-14-10-16(7-8-19(14)22)18(15-5-6-15)11-21(26)24-13-20-23-12-17-4-2-3-9-25(17)20/h2-4,7-10,12,15,18H,5-6,11,13H2,1H3,(H,24,26). The molecule has 0 radical (unpaired) electrons. The predicted molar refractivity (Wildman–Crippen MR) is 98.3 cm³/mol. The van der Waals surface area contributed by atoms with Gasteiger partial charge in [-0.3, -0.25) is 4.79 Å². The van der Waals surface area contributed by atoms with Crippen LogP contribution in [-0.4, -0.2) is 15.3 Å². The highest BCUT2D eigenvalue weighted by atomic mass is 19.1. The Hall–Kier alpha value is -2.69. The summed E-state index contributed by atoms with van der Waals surface area (Å²) in [5.41, 5.74) is 2.71. The molecule has 1 saturated carbocycles. The summed E-state index contributed by atoms with van der Waals surface area (Å²) in [4.78, 5) is 16.9. The number of aromatic nitrogens is 2. The van der Waals surface area contributed by atoms with Crippen molar-refractivity contribution in [3.63, 3.8) is 0 Å². The van der Waals surface area contributed by atoms with Gasteiger partial charge in [0, 0.05) is 12.6 Å². The molecule has 1 unspecified atom stereocenters. The zero-order valence-electron chi connectivity index (χ0n) is 14.8. The van der Waals surface area contributed by atoms with E-state index in [1.807, 2.05) is 40.9 Å². The van der Waals surface area contributed by atoms with Gasteiger partial charge in [-0.15, -0.1) is 0 Å². The maximum absolute atomic E-state index is 13.6. The topological polar surface area (TPSA) is 46.4 Å². The van der Waals surface area contributed by atoms with Crippen molar-refractivity contribution in [1.82, 2.24) is 14.7 Å². The third-order valence-electron chi connectivity index (χ3n) is 5.17. The average molecular weight is 351 g/mol. The summed E-state index contributed by atoms with van der Waals surface area (Å²) in [5.74, 6) is 1.31. The number of amides is 1. The van der Waals surface area contributed by atoms with Crippen molar-refractivity contribution >= 4 is 11.4 Å². The number of nitrogens with zero attached hydrogens (tertiary/aromatic N) is 2. The van der Waals surface area contributed by atoms with Gasteiger partial charge in [-0.1, -0.05) is 18.2 Å². The van der Waals surface area contributed by atoms with E-state index in [9.17, 15) is 9.18 Å². The van der Waals surface area contributed by atoms with E-state index < -0.39 is 0 Å². The molecule has 0 bridgehead atoms. The highest BCUT2D eigenvalue weighted by Crippen LogP contribution is 2.44. The molecule has 1 aliphatic carbocycles. The Labute approximate surface area is 152 Å². The molecule has 1 aromatic carbocycles. The van der Waals surface area contributed by atoms with Crippen molar-refractivity contribution in [2.45, 2.75) is 38.6 Å². The lowest BCUT2D eigenvalue weighted by atomic mass is 9.89. The number of rotatable bonds is 6. The molecular formula is C21H22FN3O. The lowest BCUT2D eigenvalue weighted by molar-refractivity contribution is -0.121. The third-order valence-corrected chi connectivity index (χ3v) is 5.17. The summed E-state index contributed by atoms with van der Waals surface area (Å²) in [6.07, 6.45) is 6.45. The first-order chi connectivity index (χ1) is 12.6. The van der Waals surface area contributed by atoms with Gasteiger partial charge in [0.2, 0.25) is 5.91 Å². The van der Waals surface area contributed by atoms with E-state index in [2.05, 4.69) is 10.3 Å². The number of nitrogens with one attached hydrogen (secondary N) is 1. The fraction of sp³-hybridized carbons (Fsp3) is 0.333. The zero-order valence-corrected chi connectivity index (χ0v) is 14.8. The molecule has 5 heteroatoms. The lowest BCUT2D eigenvalue weighted by Crippen LogP contribution is -2.26. The molecule has 26 heavy (non-hydrogen) atoms. The number of hydrogen-bond acceptors (Lipinski definition) is 2. The molecule has 1 amide bonds. The Morgan fingerprint density at radius 3 is 2.96 bits per heavy atom. The molecule has 2 aromatic heterocycles. The van der Waals surface area contributed by atoms with E-state index in [4.69, 9.17) is 0 Å². The van der Waals surface area contributed by atoms with Crippen molar-refractivity contribution < 1.29 is 9.18 Å². The van der Waals surface area contributed by atoms with Gasteiger partial charge in [0.1, 0.15) is 11.6 Å². The molecule has 4 nitrogen and oxygen atoms in total. The minimum atomic E-state index is -0.195. The third kappa shape index (κ3) is 3.47. The zero-order chi connectivity index (χ0) is 18.1. The molecule has 4 rings (SSSR count). The maximum Gasteiger partial charge on any atom is 0.220 e. The highest BCUT2D eigenvalue weighted by molar-refractivity contribution is 5.77. The summed E-state index contributed by atoms with van der Waals surface area (Å²) in [6, 6.07) is 11.1. The molecule has 0 aliphatic heterocycles. The van der Waals surface area contributed by atoms with Gasteiger partial charge in [0.05, 0.1) is 18.3 Å². The number of benzene rings is 1. The summed E-state index contributed by atoms with van der Waals surface area (Å²) >= 11 is 0. The molecule has 1 fully saturated rings. The van der Waals surface area contributed by atoms with Crippen molar-refractivity contribution in [2.24, 2.45) is 5.92 Å². The molecule has 0 saturated heterocycles. The van der Waals surface area contributed by atoms with Gasteiger partial charge in [0.25, 0.3) is 0 Å². The van der Waals surface area contributed by atoms with Crippen LogP contribution in [0.4, 0.5) is 4.39 Å². The van der Waals surface area contributed by atoms with Crippen LogP contribution in [0, 0.1) is 18.7 Å². The SMILES string of the molecule is Cc1cc(C(CC(=O)NCc2ncc3ccccn23)C2CC2)ccc1F. The van der Waals surface area contributed by atoms with E-state index in [1.165, 1.54) is 6.07 Å². The number of hydrogen-bond donors (Lipinski definition) is 1. The van der Waals surface area contributed by atoms with Gasteiger partial charge < -0.3 is 9.72 Å². The van der Waals surface area contributed by atoms with Crippen molar-refractivity contribution in [3.8, 4) is 0 Å². The van der Waals surface area contributed by atoms with E-state index in [-0.39, 0.29) is 17.6 Å². The van der Waals surface area contributed by atoms with Crippen molar-refractivity contribution in [2.75, 3.05) is 0 Å². The fourth-order valence-electron chi connectivity index (χ4n) is 3.53. The van der Waals surface area contributed by atoms with Gasteiger partial charge in [-0.25, -0.2) is 9.37 Å². The Balaban J connectivity index is 1.43. The van der Waals surface area contributed by atoms with Gasteiger partial charge in [-0.2, -0.15) is 0 Å². The van der Waals surface area contributed by atoms with Crippen LogP contribution in [0.2, 0.25) is 0 Å². The quantitative estimate of drug-likeness (QED) is 0.730. The fourth-order valence-corrected chi connectivity index (χ4v) is 3.53. The second kappa shape index (κ2) is 6.90. The van der Waals surface area contributed by atoms with Gasteiger partial charge in [0.15, 0.2) is 0 Å². The summed E-state index contributed by atoms with van der Waals surface area (Å²) in [7, 11) is 0. The Morgan fingerprint density at radius 1 is 1.35 bits per heavy atom. The largest absolute Gasteiger partial charge is 0.349 e. The molecule has 3 aromatic rings. The van der Waals surface area contributed by atoms with E-state index in [1.54, 1.807) is 13.1 Å². The molecular weight excluding hydrogens is 329 g/mol. The molecule has 1 N–H and O–H groups in total. The first-order valence-corrected chi connectivity index (χ1v) is 9.05. The molecule has 0 spiro atoms. The minimum absolute atomic E-state index is 0.0107. The first-order valence-electron chi connectivity index (χ1n) is 9.05. The van der Waals surface area contributed by atoms with Gasteiger partial charge in [-0.05, 0) is 60.9 Å². The average Bonchev–Trinajstić information content (AvgIpc) is 3.40. The lowest BCUT2D eigenvalue weighted by Gasteiger charge is -2.17. The monoisotopic (exact) mass is 351 g/mol. The van der Waals surface area contributed by atoms with E-state index in [0.29, 0.717) is 24.4 Å². The van der Waals surface area contributed by atoms with Crippen molar-refractivity contribution in [3.05, 3.63) is 71.6 Å². The number of fused-ring (bicyclic) bond motifs is 1. The second-order valence-corrected chi connectivity index (χ2v) is 7.10. The van der Waals surface area contributed by atoms with Gasteiger partial charge >= 0.3 is 0 Å². The molecule has 1 atom stereocenters. The molecule has 134 valence electrons. The van der Waals surface area contributed by atoms with Crippen LogP contribution in [0.5, 0.6) is 0 Å². The van der Waals surface area contributed by atoms with Crippen LogP contribution in [-0.2, 0) is 11.3 Å². The molecule has 1 aliphatic rings. The Kier molecular flexibility index (Phi) is 4.45. The Bertz CT molecular complexity index is 945. The minimum Gasteiger partial charge on any atom is -0.349 e. The number of halogens is 1. The van der Waals surface area contributed by atoms with Crippen LogP contribution in [0.25, 0.3) is 5.52 Å². The van der Waals surface area contributed by atoms with Crippen LogP contribution in [0.3, 0.4) is 0 Å². The predicted octanol–water partition coefficient (Wildman–Crippen LogP) is 3.98. The van der Waals surface area contributed by atoms with Crippen LogP contribution in [0.1, 0.15) is 42.1 Å². The number of imidazole rings is 1. The molecule has 2 heterocycles. The Morgan fingerprint density at radius 2 is 2.19 bits per heavy atom. The number of carbonyl (C=O) groups excluding carboxylic acids is 1. The van der Waals surface area contributed by atoms with Crippen LogP contribution < -0.4 is 5.32 Å². The van der Waals surface area contributed by atoms with Crippen LogP contribution in [0.15, 0.2) is 48.8 Å². The summed E-state index contributed by atoms with van der Waals surface area (Å²) in [5, 5.41) is 2.99. The number of pyridine rings is 1. The first kappa shape index (κ1) is 16.8. The smallest absolute Gasteiger partial charge is 0.220 e. The second-order valence-electron chi connectivity index (χ2n) is 7.10. The summed E-state index contributed by atoms with van der Waals surface area (Å²) < 4.78 is 15.5. The number of aryl methyl sites for hydroxylation is 1. The highest BCUT2D eigenvalue weighted by Gasteiger charge is 2.33. The maximum atomic E-state index is 13.6. The summed E-state index contributed by atoms with van der Waals surface area (Å²) in [6.45, 7) is 2.17. The number of carbonyl (C=O) groups is 1.